The van der Waals surface area contributed by atoms with Crippen LogP contribution in [0.4, 0.5) is 13.2 Å². The number of alkyl halides is 4. The maximum atomic E-state index is 12.5. The Labute approximate surface area is 118 Å². The van der Waals surface area contributed by atoms with Crippen LogP contribution in [-0.2, 0) is 6.18 Å². The number of carbonyl (C=O) groups is 1. The van der Waals surface area contributed by atoms with Crippen LogP contribution in [0.5, 0.6) is 0 Å². The molecule has 1 amide bonds. The Morgan fingerprint density at radius 1 is 1.42 bits per heavy atom. The van der Waals surface area contributed by atoms with E-state index in [0.29, 0.717) is 6.54 Å². The maximum Gasteiger partial charge on any atom is 0.416 e. The summed E-state index contributed by atoms with van der Waals surface area (Å²) in [5.74, 6) is -0.494. The number of nitrogens with one attached hydrogen (secondary N) is 1. The normalized spacial score (nSPS) is 13.1. The average Bonchev–Trinajstić information content (AvgIpc) is 2.35. The highest BCUT2D eigenvalue weighted by Crippen LogP contribution is 2.29. The van der Waals surface area contributed by atoms with Crippen LogP contribution < -0.4 is 5.32 Å². The van der Waals surface area contributed by atoms with Crippen molar-refractivity contribution in [1.29, 1.82) is 0 Å². The number of halogens is 4. The van der Waals surface area contributed by atoms with Crippen molar-refractivity contribution < 1.29 is 18.0 Å². The van der Waals surface area contributed by atoms with Crippen LogP contribution in [0.15, 0.2) is 24.3 Å². The van der Waals surface area contributed by atoms with Crippen LogP contribution in [0, 0.1) is 0 Å². The predicted molar refractivity (Wildman–Crippen MR) is 71.4 cm³/mol. The van der Waals surface area contributed by atoms with Crippen molar-refractivity contribution in [1.82, 2.24) is 5.32 Å². The van der Waals surface area contributed by atoms with Gasteiger partial charge in [-0.25, -0.2) is 0 Å². The number of rotatable bonds is 5. The number of hydrogen-bond acceptors (Lipinski definition) is 1. The van der Waals surface area contributed by atoms with Gasteiger partial charge in [-0.1, -0.05) is 35.3 Å². The van der Waals surface area contributed by atoms with E-state index in [1.54, 1.807) is 0 Å². The molecule has 0 heterocycles. The monoisotopic (exact) mass is 337 g/mol. The first-order chi connectivity index (χ1) is 8.84. The van der Waals surface area contributed by atoms with Crippen LogP contribution in [-0.4, -0.2) is 17.3 Å². The van der Waals surface area contributed by atoms with Crippen LogP contribution >= 0.6 is 15.9 Å². The summed E-state index contributed by atoms with van der Waals surface area (Å²) in [6, 6.07) is 4.41. The van der Waals surface area contributed by atoms with E-state index in [1.165, 1.54) is 12.1 Å². The number of amides is 1. The van der Waals surface area contributed by atoms with Gasteiger partial charge in [0.1, 0.15) is 0 Å². The number of benzene rings is 1. The molecule has 0 aliphatic rings. The van der Waals surface area contributed by atoms with E-state index < -0.39 is 17.6 Å². The molecule has 0 saturated heterocycles. The molecule has 0 aliphatic carbocycles. The van der Waals surface area contributed by atoms with E-state index in [1.807, 2.05) is 6.92 Å². The summed E-state index contributed by atoms with van der Waals surface area (Å²) in [5.41, 5.74) is -0.796. The molecular weight excluding hydrogens is 323 g/mol. The lowest BCUT2D eigenvalue weighted by molar-refractivity contribution is -0.137. The second kappa shape index (κ2) is 6.93. The van der Waals surface area contributed by atoms with Gasteiger partial charge in [-0.05, 0) is 24.6 Å². The molecule has 0 spiro atoms. The van der Waals surface area contributed by atoms with Crippen molar-refractivity contribution in [2.45, 2.75) is 30.8 Å². The predicted octanol–water partition coefficient (Wildman–Crippen LogP) is 4.00. The Hall–Kier alpha value is -1.04. The molecule has 6 heteroatoms. The highest BCUT2D eigenvalue weighted by molar-refractivity contribution is 9.09. The van der Waals surface area contributed by atoms with Gasteiger partial charge in [-0.15, -0.1) is 0 Å². The topological polar surface area (TPSA) is 29.1 Å². The highest BCUT2D eigenvalue weighted by Gasteiger charge is 2.30. The molecule has 0 bridgehead atoms. The van der Waals surface area contributed by atoms with E-state index in [4.69, 9.17) is 0 Å². The Morgan fingerprint density at radius 2 is 2.11 bits per heavy atom. The first kappa shape index (κ1) is 16.0. The third-order valence-corrected chi connectivity index (χ3v) is 3.32. The molecule has 0 saturated carbocycles. The van der Waals surface area contributed by atoms with Gasteiger partial charge in [-0.3, -0.25) is 4.79 Å². The Morgan fingerprint density at radius 3 is 2.68 bits per heavy atom. The van der Waals surface area contributed by atoms with Crippen molar-refractivity contribution >= 4 is 21.8 Å². The number of hydrogen-bond donors (Lipinski definition) is 1. The fraction of sp³-hybridized carbons (Fsp3) is 0.462. The van der Waals surface area contributed by atoms with Crippen molar-refractivity contribution in [2.24, 2.45) is 0 Å². The van der Waals surface area contributed by atoms with Gasteiger partial charge in [0.05, 0.1) is 5.56 Å². The third kappa shape index (κ3) is 5.22. The quantitative estimate of drug-likeness (QED) is 0.808. The molecule has 1 N–H and O–H groups in total. The summed E-state index contributed by atoms with van der Waals surface area (Å²) in [6.45, 7) is 2.41. The summed E-state index contributed by atoms with van der Waals surface area (Å²) in [5, 5.41) is 2.61. The summed E-state index contributed by atoms with van der Waals surface area (Å²) in [6.07, 6.45) is -2.57. The molecule has 0 radical (unpaired) electrons. The van der Waals surface area contributed by atoms with Gasteiger partial charge in [0.25, 0.3) is 5.91 Å². The van der Waals surface area contributed by atoms with E-state index in [-0.39, 0.29) is 10.4 Å². The summed E-state index contributed by atoms with van der Waals surface area (Å²) >= 11 is 3.39. The maximum absolute atomic E-state index is 12.5. The smallest absolute Gasteiger partial charge is 0.351 e. The van der Waals surface area contributed by atoms with Crippen LogP contribution in [0.25, 0.3) is 0 Å². The molecule has 1 atom stereocenters. The lowest BCUT2D eigenvalue weighted by atomic mass is 10.1. The van der Waals surface area contributed by atoms with E-state index >= 15 is 0 Å². The molecule has 1 rings (SSSR count). The van der Waals surface area contributed by atoms with E-state index in [9.17, 15) is 18.0 Å². The molecule has 106 valence electrons. The molecule has 1 aromatic rings. The second-order valence-corrected chi connectivity index (χ2v) is 5.47. The zero-order valence-corrected chi connectivity index (χ0v) is 12.0. The molecular formula is C13H15BrF3NO. The lowest BCUT2D eigenvalue weighted by Gasteiger charge is -2.11. The van der Waals surface area contributed by atoms with Gasteiger partial charge in [-0.2, -0.15) is 13.2 Å². The van der Waals surface area contributed by atoms with Crippen LogP contribution in [0.3, 0.4) is 0 Å². The Balaban J connectivity index is 2.67. The molecule has 1 aromatic carbocycles. The molecule has 19 heavy (non-hydrogen) atoms. The average molecular weight is 338 g/mol. The van der Waals surface area contributed by atoms with Gasteiger partial charge in [0.2, 0.25) is 0 Å². The number of carbonyl (C=O) groups excluding carboxylic acids is 1. The molecule has 1 unspecified atom stereocenters. The summed E-state index contributed by atoms with van der Waals surface area (Å²) < 4.78 is 37.5. The van der Waals surface area contributed by atoms with Gasteiger partial charge < -0.3 is 5.32 Å². The summed E-state index contributed by atoms with van der Waals surface area (Å²) in [7, 11) is 0. The van der Waals surface area contributed by atoms with Crippen molar-refractivity contribution in [3.63, 3.8) is 0 Å². The van der Waals surface area contributed by atoms with Crippen molar-refractivity contribution in [3.05, 3.63) is 35.4 Å². The highest BCUT2D eigenvalue weighted by atomic mass is 79.9. The molecule has 2 nitrogen and oxygen atoms in total. The van der Waals surface area contributed by atoms with Gasteiger partial charge in [0.15, 0.2) is 0 Å². The third-order valence-electron chi connectivity index (χ3n) is 2.54. The zero-order chi connectivity index (χ0) is 14.5. The fourth-order valence-electron chi connectivity index (χ4n) is 1.56. The van der Waals surface area contributed by atoms with Crippen molar-refractivity contribution in [3.8, 4) is 0 Å². The largest absolute Gasteiger partial charge is 0.416 e. The van der Waals surface area contributed by atoms with Crippen molar-refractivity contribution in [2.75, 3.05) is 6.54 Å². The minimum atomic E-state index is -4.43. The standard InChI is InChI=1S/C13H15BrF3NO/c1-2-4-11(14)8-18-12(19)9-5-3-6-10(7-9)13(15,16)17/h3,5-7,11H,2,4,8H2,1H3,(H,18,19). The van der Waals surface area contributed by atoms with E-state index in [2.05, 4.69) is 21.2 Å². The summed E-state index contributed by atoms with van der Waals surface area (Å²) in [4.78, 5) is 11.9. The Kier molecular flexibility index (Phi) is 5.85. The Bertz CT molecular complexity index is 434. The van der Waals surface area contributed by atoms with Gasteiger partial charge >= 0.3 is 6.18 Å². The first-order valence-electron chi connectivity index (χ1n) is 5.94. The molecule has 0 fully saturated rings. The SMILES string of the molecule is CCCC(Br)CNC(=O)c1cccc(C(F)(F)F)c1. The van der Waals surface area contributed by atoms with Crippen LogP contribution in [0.2, 0.25) is 0 Å². The van der Waals surface area contributed by atoms with E-state index in [0.717, 1.165) is 25.0 Å². The minimum absolute atomic E-state index is 0.0195. The lowest BCUT2D eigenvalue weighted by Crippen LogP contribution is -2.29. The minimum Gasteiger partial charge on any atom is -0.351 e. The molecule has 0 aromatic heterocycles. The zero-order valence-electron chi connectivity index (χ0n) is 10.4. The second-order valence-electron chi connectivity index (χ2n) is 4.17. The molecule has 0 aliphatic heterocycles. The fourth-order valence-corrected chi connectivity index (χ4v) is 2.18. The van der Waals surface area contributed by atoms with Gasteiger partial charge in [0, 0.05) is 16.9 Å². The first-order valence-corrected chi connectivity index (χ1v) is 6.85. The van der Waals surface area contributed by atoms with Crippen LogP contribution in [0.1, 0.15) is 35.7 Å².